The van der Waals surface area contributed by atoms with Gasteiger partial charge in [-0.1, -0.05) is 30.3 Å². The number of benzene rings is 3. The molecule has 0 saturated heterocycles. The molecule has 0 aromatic heterocycles. The van der Waals surface area contributed by atoms with Crippen molar-refractivity contribution >= 4 is 23.0 Å². The number of aromatic hydroxyl groups is 1. The molecular weight excluding hydrogens is 422 g/mol. The molecule has 3 aromatic carbocycles. The lowest BCUT2D eigenvalue weighted by atomic mass is 9.87. The second kappa shape index (κ2) is 8.31. The van der Waals surface area contributed by atoms with Gasteiger partial charge < -0.3 is 35.7 Å². The average molecular weight is 445 g/mol. The summed E-state index contributed by atoms with van der Waals surface area (Å²) >= 11 is 0. The fourth-order valence-corrected chi connectivity index (χ4v) is 4.11. The number of phenolic OH excluding ortho intramolecular Hbond substituents is 1. The molecule has 8 nitrogen and oxygen atoms in total. The molecule has 2 aliphatic heterocycles. The van der Waals surface area contributed by atoms with Crippen molar-refractivity contribution in [1.29, 1.82) is 0 Å². The maximum atomic E-state index is 12.8. The van der Waals surface area contributed by atoms with Crippen molar-refractivity contribution in [3.8, 4) is 23.0 Å². The van der Waals surface area contributed by atoms with Crippen molar-refractivity contribution in [2.24, 2.45) is 0 Å². The minimum Gasteiger partial charge on any atom is -0.503 e. The van der Waals surface area contributed by atoms with Crippen molar-refractivity contribution in [3.05, 3.63) is 77.4 Å². The Labute approximate surface area is 190 Å². The van der Waals surface area contributed by atoms with Crippen LogP contribution in [-0.2, 0) is 0 Å². The molecule has 5 N–H and O–H groups in total. The maximum Gasteiger partial charge on any atom is 0.320 e. The molecule has 8 heteroatoms. The van der Waals surface area contributed by atoms with Crippen LogP contribution in [0.2, 0.25) is 0 Å². The number of carbonyl (C=O) groups is 1. The van der Waals surface area contributed by atoms with Crippen LogP contribution in [0.3, 0.4) is 0 Å². The molecule has 0 saturated carbocycles. The topological polar surface area (TPSA) is 115 Å². The molecule has 2 amide bonds. The first-order chi connectivity index (χ1) is 16.0. The van der Waals surface area contributed by atoms with Gasteiger partial charge in [0.2, 0.25) is 6.79 Å². The van der Waals surface area contributed by atoms with E-state index >= 15 is 0 Å². The Kier molecular flexibility index (Phi) is 5.18. The Hall–Kier alpha value is -4.33. The van der Waals surface area contributed by atoms with Gasteiger partial charge in [-0.15, -0.1) is 0 Å². The largest absolute Gasteiger partial charge is 0.503 e. The van der Waals surface area contributed by atoms with E-state index in [9.17, 15) is 9.90 Å². The highest BCUT2D eigenvalue weighted by atomic mass is 16.7. The first-order valence-electron chi connectivity index (χ1n) is 10.6. The molecule has 0 bridgehead atoms. The lowest BCUT2D eigenvalue weighted by molar-refractivity contribution is 0.174. The van der Waals surface area contributed by atoms with Gasteiger partial charge in [-0.2, -0.15) is 0 Å². The molecule has 168 valence electrons. The summed E-state index contributed by atoms with van der Waals surface area (Å²) in [6, 6.07) is 17.7. The number of urea groups is 1. The zero-order valence-corrected chi connectivity index (χ0v) is 17.9. The predicted molar refractivity (Wildman–Crippen MR) is 124 cm³/mol. The molecule has 0 radical (unpaired) electrons. The number of phenols is 1. The van der Waals surface area contributed by atoms with Gasteiger partial charge in [-0.05, 0) is 48.4 Å². The van der Waals surface area contributed by atoms with Gasteiger partial charge in [-0.25, -0.2) is 4.79 Å². The van der Waals surface area contributed by atoms with Gasteiger partial charge in [0, 0.05) is 11.1 Å². The third-order valence-corrected chi connectivity index (χ3v) is 5.58. The van der Waals surface area contributed by atoms with Crippen LogP contribution in [0.4, 0.5) is 10.5 Å². The van der Waals surface area contributed by atoms with E-state index in [0.29, 0.717) is 29.4 Å². The van der Waals surface area contributed by atoms with Gasteiger partial charge in [0.15, 0.2) is 23.0 Å². The van der Waals surface area contributed by atoms with E-state index in [0.717, 1.165) is 16.7 Å². The highest BCUT2D eigenvalue weighted by Gasteiger charge is 2.31. The van der Waals surface area contributed by atoms with E-state index in [-0.39, 0.29) is 30.0 Å². The van der Waals surface area contributed by atoms with Crippen molar-refractivity contribution in [1.82, 2.24) is 10.6 Å². The predicted octanol–water partition coefficient (Wildman–Crippen LogP) is 4.02. The highest BCUT2D eigenvalue weighted by Crippen LogP contribution is 2.43. The molecular formula is C25H23N3O5. The molecule has 1 unspecified atom stereocenters. The standard InChI is InChI=1S/C25H23N3O5/c1-2-31-20-12-16(10-17(26)24(20)29)23-21(14-6-4-3-5-7-14)22(27-25(30)28-23)15-8-9-18-19(11-15)33-13-32-18/h3-12,23,29H,2,13,26H2,1H3,(H2,27,28,30). The minimum atomic E-state index is -0.552. The van der Waals surface area contributed by atoms with E-state index in [1.807, 2.05) is 55.5 Å². The molecule has 5 rings (SSSR count). The van der Waals surface area contributed by atoms with Crippen LogP contribution in [0.1, 0.15) is 29.7 Å². The zero-order chi connectivity index (χ0) is 22.9. The number of nitrogen functional groups attached to an aromatic ring is 1. The van der Waals surface area contributed by atoms with Gasteiger partial charge in [0.05, 0.1) is 24.0 Å². The van der Waals surface area contributed by atoms with E-state index in [4.69, 9.17) is 19.9 Å². The van der Waals surface area contributed by atoms with Crippen LogP contribution >= 0.6 is 0 Å². The fraction of sp³-hybridized carbons (Fsp3) is 0.160. The third kappa shape index (κ3) is 3.76. The number of carbonyl (C=O) groups excluding carboxylic acids is 1. The first-order valence-corrected chi connectivity index (χ1v) is 10.6. The van der Waals surface area contributed by atoms with Crippen molar-refractivity contribution in [2.45, 2.75) is 13.0 Å². The summed E-state index contributed by atoms with van der Waals surface area (Å²) in [6.07, 6.45) is 0. The zero-order valence-electron chi connectivity index (χ0n) is 17.9. The van der Waals surface area contributed by atoms with Gasteiger partial charge in [0.1, 0.15) is 0 Å². The number of hydrogen-bond donors (Lipinski definition) is 4. The summed E-state index contributed by atoms with van der Waals surface area (Å²) in [5, 5.41) is 16.3. The summed E-state index contributed by atoms with van der Waals surface area (Å²) < 4.78 is 16.6. The molecule has 3 aromatic rings. The van der Waals surface area contributed by atoms with Gasteiger partial charge in [0.25, 0.3) is 0 Å². The molecule has 2 heterocycles. The molecule has 0 fully saturated rings. The Balaban J connectivity index is 1.72. The maximum absolute atomic E-state index is 12.8. The Morgan fingerprint density at radius 1 is 1.06 bits per heavy atom. The summed E-state index contributed by atoms with van der Waals surface area (Å²) in [6.45, 7) is 2.34. The minimum absolute atomic E-state index is 0.123. The average Bonchev–Trinajstić information content (AvgIpc) is 3.30. The molecule has 0 spiro atoms. The second-order valence-corrected chi connectivity index (χ2v) is 7.64. The van der Waals surface area contributed by atoms with E-state index in [1.54, 1.807) is 12.1 Å². The Morgan fingerprint density at radius 2 is 1.85 bits per heavy atom. The van der Waals surface area contributed by atoms with Crippen LogP contribution in [0.25, 0.3) is 11.3 Å². The van der Waals surface area contributed by atoms with Gasteiger partial charge in [-0.3, -0.25) is 0 Å². The third-order valence-electron chi connectivity index (χ3n) is 5.58. The lowest BCUT2D eigenvalue weighted by Crippen LogP contribution is -2.43. The summed E-state index contributed by atoms with van der Waals surface area (Å²) in [5.41, 5.74) is 10.1. The van der Waals surface area contributed by atoms with Crippen molar-refractivity contribution in [2.75, 3.05) is 19.1 Å². The van der Waals surface area contributed by atoms with E-state index in [1.165, 1.54) is 0 Å². The summed E-state index contributed by atoms with van der Waals surface area (Å²) in [4.78, 5) is 12.8. The number of ether oxygens (including phenoxy) is 3. The fourth-order valence-electron chi connectivity index (χ4n) is 4.11. The molecule has 33 heavy (non-hydrogen) atoms. The first kappa shape index (κ1) is 20.6. The number of hydrogen-bond acceptors (Lipinski definition) is 6. The van der Waals surface area contributed by atoms with Crippen molar-refractivity contribution < 1.29 is 24.1 Å². The Bertz CT molecular complexity index is 1260. The number of nitrogens with one attached hydrogen (secondary N) is 2. The summed E-state index contributed by atoms with van der Waals surface area (Å²) in [5.74, 6) is 1.41. The van der Waals surface area contributed by atoms with Crippen LogP contribution in [-0.4, -0.2) is 24.5 Å². The van der Waals surface area contributed by atoms with E-state index in [2.05, 4.69) is 10.6 Å². The van der Waals surface area contributed by atoms with Crippen LogP contribution in [0, 0.1) is 0 Å². The number of fused-ring (bicyclic) bond motifs is 1. The quantitative estimate of drug-likeness (QED) is 0.348. The molecule has 0 aliphatic carbocycles. The number of nitrogens with two attached hydrogens (primary N) is 1. The molecule has 1 atom stereocenters. The Morgan fingerprint density at radius 3 is 2.64 bits per heavy atom. The SMILES string of the molecule is CCOc1cc(C2NC(=O)NC(c3ccc4c(c3)OCO4)=C2c2ccccc2)cc(N)c1O. The normalized spacial score (nSPS) is 16.9. The van der Waals surface area contributed by atoms with Gasteiger partial charge >= 0.3 is 6.03 Å². The smallest absolute Gasteiger partial charge is 0.320 e. The van der Waals surface area contributed by atoms with Crippen LogP contribution in [0.5, 0.6) is 23.0 Å². The summed E-state index contributed by atoms with van der Waals surface area (Å²) in [7, 11) is 0. The highest BCUT2D eigenvalue weighted by molar-refractivity contribution is 6.03. The number of amides is 2. The number of rotatable bonds is 5. The van der Waals surface area contributed by atoms with Crippen LogP contribution in [0.15, 0.2) is 60.7 Å². The lowest BCUT2D eigenvalue weighted by Gasteiger charge is -2.31. The van der Waals surface area contributed by atoms with Crippen LogP contribution < -0.4 is 30.6 Å². The van der Waals surface area contributed by atoms with E-state index < -0.39 is 6.04 Å². The second-order valence-electron chi connectivity index (χ2n) is 7.64. The number of anilines is 1. The van der Waals surface area contributed by atoms with Crippen molar-refractivity contribution in [3.63, 3.8) is 0 Å². The monoisotopic (exact) mass is 445 g/mol. The molecule has 2 aliphatic rings.